The van der Waals surface area contributed by atoms with Gasteiger partial charge in [-0.3, -0.25) is 14.5 Å². The predicted molar refractivity (Wildman–Crippen MR) is 156 cm³/mol. The van der Waals surface area contributed by atoms with Crippen LogP contribution < -0.4 is 5.32 Å². The average Bonchev–Trinajstić information content (AvgIpc) is 2.97. The largest absolute Gasteiger partial charge is 0.468 e. The van der Waals surface area contributed by atoms with Crippen molar-refractivity contribution in [3.63, 3.8) is 0 Å². The number of carbonyl (C=O) groups is 2. The minimum absolute atomic E-state index is 0.0450. The summed E-state index contributed by atoms with van der Waals surface area (Å²) in [6, 6.07) is 18.7. The van der Waals surface area contributed by atoms with Gasteiger partial charge in [-0.15, -0.1) is 0 Å². The Morgan fingerprint density at radius 3 is 2.52 bits per heavy atom. The van der Waals surface area contributed by atoms with Gasteiger partial charge in [-0.25, -0.2) is 8.42 Å². The summed E-state index contributed by atoms with van der Waals surface area (Å²) in [5, 5.41) is 3.32. The Morgan fingerprint density at radius 2 is 1.75 bits per heavy atom. The first kappa shape index (κ1) is 28.3. The van der Waals surface area contributed by atoms with Crippen molar-refractivity contribution in [3.8, 4) is 0 Å². The molecule has 8 heteroatoms. The smallest absolute Gasteiger partial charge is 0.324 e. The third kappa shape index (κ3) is 6.39. The van der Waals surface area contributed by atoms with Crippen LogP contribution in [0.5, 0.6) is 0 Å². The molecule has 0 saturated carbocycles. The number of fused-ring (bicyclic) bond motifs is 2. The predicted octanol–water partition coefficient (Wildman–Crippen LogP) is 5.12. The van der Waals surface area contributed by atoms with E-state index in [-0.39, 0.29) is 29.7 Å². The fourth-order valence-corrected chi connectivity index (χ4v) is 7.72. The number of ether oxygens (including phenoxy) is 1. The van der Waals surface area contributed by atoms with Crippen molar-refractivity contribution in [2.45, 2.75) is 74.1 Å². The first-order valence-electron chi connectivity index (χ1n) is 14.3. The van der Waals surface area contributed by atoms with Gasteiger partial charge in [0.1, 0.15) is 0 Å². The van der Waals surface area contributed by atoms with Gasteiger partial charge in [0.25, 0.3) is 0 Å². The summed E-state index contributed by atoms with van der Waals surface area (Å²) < 4.78 is 31.8. The topological polar surface area (TPSA) is 92.8 Å². The van der Waals surface area contributed by atoms with Crippen LogP contribution in [0.25, 0.3) is 10.8 Å². The number of nitrogens with zero attached hydrogens (tertiary/aromatic N) is 1. The van der Waals surface area contributed by atoms with Crippen LogP contribution >= 0.6 is 0 Å². The molecule has 7 nitrogen and oxygen atoms in total. The zero-order chi connectivity index (χ0) is 28.1. The average molecular weight is 563 g/mol. The van der Waals surface area contributed by atoms with Gasteiger partial charge in [0.2, 0.25) is 5.91 Å². The monoisotopic (exact) mass is 562 g/mol. The van der Waals surface area contributed by atoms with E-state index >= 15 is 0 Å². The van der Waals surface area contributed by atoms with E-state index in [1.54, 1.807) is 12.1 Å². The van der Waals surface area contributed by atoms with E-state index in [1.807, 2.05) is 24.3 Å². The van der Waals surface area contributed by atoms with Crippen molar-refractivity contribution < 1.29 is 22.7 Å². The maximum atomic E-state index is 13.5. The maximum Gasteiger partial charge on any atom is 0.324 e. The van der Waals surface area contributed by atoms with Gasteiger partial charge in [-0.2, -0.15) is 0 Å². The molecule has 0 bridgehead atoms. The molecule has 40 heavy (non-hydrogen) atoms. The quantitative estimate of drug-likeness (QED) is 0.364. The second kappa shape index (κ2) is 12.5. The Hall–Kier alpha value is -3.23. The lowest BCUT2D eigenvalue weighted by atomic mass is 9.86. The molecule has 1 saturated heterocycles. The molecule has 1 N–H and O–H groups in total. The van der Waals surface area contributed by atoms with Gasteiger partial charge in [0, 0.05) is 13.0 Å². The van der Waals surface area contributed by atoms with E-state index in [4.69, 9.17) is 4.74 Å². The van der Waals surface area contributed by atoms with Gasteiger partial charge in [-0.1, -0.05) is 55.0 Å². The summed E-state index contributed by atoms with van der Waals surface area (Å²) in [4.78, 5) is 28.2. The highest BCUT2D eigenvalue weighted by Crippen LogP contribution is 2.31. The molecule has 1 heterocycles. The molecule has 1 aliphatic heterocycles. The number of methoxy groups -OCH3 is 1. The molecule has 212 valence electrons. The molecular formula is C32H38N2O5S. The third-order valence-corrected chi connectivity index (χ3v) is 10.3. The lowest BCUT2D eigenvalue weighted by molar-refractivity contribution is -0.140. The summed E-state index contributed by atoms with van der Waals surface area (Å²) in [6.07, 6.45) is 6.40. The number of hydrogen-bond donors (Lipinski definition) is 1. The number of benzene rings is 3. The standard InChI is InChI=1S/C32H38N2O5S/c1-39-32(36)30(40(37,38)27-14-13-24-8-3-4-9-25(24)21-27)16-17-31(35)33-29-11-7-10-26-20-23(12-15-28(26)29)22-34-18-5-2-6-19-34/h3-4,8-9,12-15,20-21,29-30H,2,5-7,10-11,16-19,22H2,1H3,(H,33,35)/t29-,30-/m1/s1. The van der Waals surface area contributed by atoms with E-state index in [2.05, 4.69) is 28.4 Å². The van der Waals surface area contributed by atoms with E-state index in [9.17, 15) is 18.0 Å². The number of sulfone groups is 1. The molecule has 3 aromatic carbocycles. The molecule has 2 atom stereocenters. The maximum absolute atomic E-state index is 13.5. The highest BCUT2D eigenvalue weighted by molar-refractivity contribution is 7.92. The van der Waals surface area contributed by atoms with Gasteiger partial charge >= 0.3 is 5.97 Å². The molecule has 0 aromatic heterocycles. The van der Waals surface area contributed by atoms with Crippen LogP contribution in [0.1, 0.15) is 67.7 Å². The van der Waals surface area contributed by atoms with Crippen LogP contribution in [0.15, 0.2) is 65.6 Å². The van der Waals surface area contributed by atoms with Gasteiger partial charge < -0.3 is 10.1 Å². The molecule has 0 unspecified atom stereocenters. The molecular weight excluding hydrogens is 524 g/mol. The number of rotatable bonds is 9. The number of amides is 1. The summed E-state index contributed by atoms with van der Waals surface area (Å²) in [5.74, 6) is -1.12. The van der Waals surface area contributed by atoms with Crippen molar-refractivity contribution in [2.24, 2.45) is 0 Å². The lowest BCUT2D eigenvalue weighted by Gasteiger charge is -2.29. The highest BCUT2D eigenvalue weighted by atomic mass is 32.2. The van der Waals surface area contributed by atoms with Crippen LogP contribution in [-0.4, -0.2) is 50.6 Å². The molecule has 5 rings (SSSR count). The SMILES string of the molecule is COC(=O)[C@@H](CCC(=O)N[C@@H]1CCCc2cc(CN3CCCCC3)ccc21)S(=O)(=O)c1ccc2ccccc2c1. The van der Waals surface area contributed by atoms with Crippen molar-refractivity contribution >= 4 is 32.5 Å². The van der Waals surface area contributed by atoms with Crippen LogP contribution in [0.4, 0.5) is 0 Å². The lowest BCUT2D eigenvalue weighted by Crippen LogP contribution is -2.35. The van der Waals surface area contributed by atoms with Gasteiger partial charge in [0.15, 0.2) is 15.1 Å². The summed E-state index contributed by atoms with van der Waals surface area (Å²) in [7, 11) is -2.89. The normalized spacial score (nSPS) is 18.6. The van der Waals surface area contributed by atoms with Crippen molar-refractivity contribution in [2.75, 3.05) is 20.2 Å². The molecule has 1 fully saturated rings. The number of esters is 1. The zero-order valence-electron chi connectivity index (χ0n) is 23.1. The Morgan fingerprint density at radius 1 is 0.975 bits per heavy atom. The second-order valence-corrected chi connectivity index (χ2v) is 13.1. The highest BCUT2D eigenvalue weighted by Gasteiger charge is 2.35. The number of carbonyl (C=O) groups excluding carboxylic acids is 2. The number of hydrogen-bond acceptors (Lipinski definition) is 6. The van der Waals surface area contributed by atoms with E-state index < -0.39 is 21.1 Å². The Labute approximate surface area is 236 Å². The molecule has 0 radical (unpaired) electrons. The Balaban J connectivity index is 1.25. The first-order valence-corrected chi connectivity index (χ1v) is 15.8. The van der Waals surface area contributed by atoms with Crippen LogP contribution in [0.3, 0.4) is 0 Å². The van der Waals surface area contributed by atoms with Crippen molar-refractivity contribution in [1.29, 1.82) is 0 Å². The molecule has 1 amide bonds. The van der Waals surface area contributed by atoms with E-state index in [1.165, 1.54) is 43.6 Å². The summed E-state index contributed by atoms with van der Waals surface area (Å²) in [6.45, 7) is 3.27. The molecule has 1 aliphatic carbocycles. The van der Waals surface area contributed by atoms with Gasteiger partial charge in [-0.05, 0) is 91.2 Å². The van der Waals surface area contributed by atoms with Crippen LogP contribution in [-0.2, 0) is 37.1 Å². The number of nitrogens with one attached hydrogen (secondary N) is 1. The van der Waals surface area contributed by atoms with Crippen LogP contribution in [0.2, 0.25) is 0 Å². The Kier molecular flexibility index (Phi) is 8.86. The number of aryl methyl sites for hydroxylation is 1. The third-order valence-electron chi connectivity index (χ3n) is 8.23. The molecule has 2 aliphatic rings. The molecule has 3 aromatic rings. The minimum Gasteiger partial charge on any atom is -0.468 e. The number of piperidine rings is 1. The zero-order valence-corrected chi connectivity index (χ0v) is 23.9. The van der Waals surface area contributed by atoms with Gasteiger partial charge in [0.05, 0.1) is 18.0 Å². The number of likely N-dealkylation sites (tertiary alicyclic amines) is 1. The summed E-state index contributed by atoms with van der Waals surface area (Å²) >= 11 is 0. The summed E-state index contributed by atoms with van der Waals surface area (Å²) in [5.41, 5.74) is 3.72. The Bertz CT molecular complexity index is 1480. The van der Waals surface area contributed by atoms with Crippen molar-refractivity contribution in [1.82, 2.24) is 10.2 Å². The fraction of sp³-hybridized carbons (Fsp3) is 0.438. The van der Waals surface area contributed by atoms with Crippen LogP contribution in [0, 0.1) is 0 Å². The minimum atomic E-state index is -4.06. The second-order valence-electron chi connectivity index (χ2n) is 11.0. The van der Waals surface area contributed by atoms with Crippen molar-refractivity contribution in [3.05, 3.63) is 77.4 Å². The van der Waals surface area contributed by atoms with E-state index in [0.29, 0.717) is 0 Å². The fourth-order valence-electron chi connectivity index (χ4n) is 6.06. The van der Waals surface area contributed by atoms with E-state index in [0.717, 1.165) is 55.2 Å². The first-order chi connectivity index (χ1) is 19.3. The molecule has 0 spiro atoms.